The highest BCUT2D eigenvalue weighted by molar-refractivity contribution is 7.45. The first-order valence-corrected chi connectivity index (χ1v) is 28.4. The van der Waals surface area contributed by atoms with Crippen LogP contribution in [0, 0.1) is 0 Å². The Kier molecular flexibility index (Phi) is 46.1. The zero-order valence-electron chi connectivity index (χ0n) is 43.4. The summed E-state index contributed by atoms with van der Waals surface area (Å²) in [6, 6.07) is -0.904. The van der Waals surface area contributed by atoms with E-state index in [0.717, 1.165) is 70.6 Å². The number of amides is 1. The standard InChI is InChI=1S/C57H103N2O6P/c1-6-8-10-12-14-16-18-19-20-21-22-23-24-25-26-27-28-29-30-31-32-33-34-35-36-37-38-39-41-43-45-47-49-51-57(61)58-55(54-65-66(62,63)64-53-52-59(3,4)5)56(60)50-48-46-44-42-40-17-15-13-11-9-7-2/h8,10,14,16,19-20,22-23,25-26,40,42,48,50,55-56,60H,6-7,9,11-13,15,17-18,21,24,27-39,41,43-47,49,51-54H2,1-5H3,(H-,58,61,62,63)/b10-8-,16-14-,20-19-,23-22-,26-25-,42-40+,50-48+. The lowest BCUT2D eigenvalue weighted by Gasteiger charge is -2.29. The SMILES string of the molecule is CC/C=C\C/C=C\C/C=C\C/C=C\C/C=C\CCCCCCCCCCCCCCCCCCCC(=O)NC(COP(=O)([O-])OCC[N+](C)(C)C)C(O)/C=C/CC/C=C/CCCCCCC. The van der Waals surface area contributed by atoms with Gasteiger partial charge in [-0.2, -0.15) is 0 Å². The molecule has 0 aromatic rings. The molecule has 0 aliphatic rings. The molecule has 0 fully saturated rings. The minimum Gasteiger partial charge on any atom is -0.756 e. The normalized spacial score (nSPS) is 14.7. The van der Waals surface area contributed by atoms with Gasteiger partial charge in [-0.25, -0.2) is 0 Å². The average molecular weight is 943 g/mol. The summed E-state index contributed by atoms with van der Waals surface area (Å²) in [5, 5.41) is 13.8. The number of nitrogens with one attached hydrogen (secondary N) is 1. The van der Waals surface area contributed by atoms with Crippen molar-refractivity contribution >= 4 is 13.7 Å². The highest BCUT2D eigenvalue weighted by Gasteiger charge is 2.23. The van der Waals surface area contributed by atoms with Gasteiger partial charge in [0.1, 0.15) is 13.2 Å². The molecular formula is C57H103N2O6P. The molecule has 0 aliphatic heterocycles. The number of quaternary nitrogens is 1. The third kappa shape index (κ3) is 49.6. The van der Waals surface area contributed by atoms with Crippen LogP contribution in [-0.2, 0) is 18.4 Å². The lowest BCUT2D eigenvalue weighted by Crippen LogP contribution is -2.45. The molecule has 3 unspecified atom stereocenters. The Hall–Kier alpha value is -2.32. The fourth-order valence-corrected chi connectivity index (χ4v) is 8.09. The summed E-state index contributed by atoms with van der Waals surface area (Å²) >= 11 is 0. The van der Waals surface area contributed by atoms with Crippen molar-refractivity contribution in [1.82, 2.24) is 5.32 Å². The van der Waals surface area contributed by atoms with Crippen LogP contribution in [0.25, 0.3) is 0 Å². The Morgan fingerprint density at radius 1 is 0.545 bits per heavy atom. The quantitative estimate of drug-likeness (QED) is 0.0272. The molecule has 0 aromatic heterocycles. The van der Waals surface area contributed by atoms with Gasteiger partial charge < -0.3 is 28.8 Å². The number of allylic oxidation sites excluding steroid dienone is 13. The second-order valence-corrected chi connectivity index (χ2v) is 20.6. The van der Waals surface area contributed by atoms with Crippen LogP contribution in [0.3, 0.4) is 0 Å². The van der Waals surface area contributed by atoms with Crippen LogP contribution < -0.4 is 10.2 Å². The van der Waals surface area contributed by atoms with Crippen molar-refractivity contribution in [1.29, 1.82) is 0 Å². The summed E-state index contributed by atoms with van der Waals surface area (Å²) in [6.45, 7) is 4.48. The van der Waals surface area contributed by atoms with Gasteiger partial charge in [0.05, 0.1) is 39.9 Å². The van der Waals surface area contributed by atoms with E-state index in [-0.39, 0.29) is 12.5 Å². The maximum Gasteiger partial charge on any atom is 0.268 e. The topological polar surface area (TPSA) is 108 Å². The number of hydrogen-bond donors (Lipinski definition) is 2. The molecule has 0 rings (SSSR count). The predicted octanol–water partition coefficient (Wildman–Crippen LogP) is 15.5. The number of carbonyl (C=O) groups excluding carboxylic acids is 1. The van der Waals surface area contributed by atoms with E-state index in [1.54, 1.807) is 6.08 Å². The Labute approximate surface area is 407 Å². The first kappa shape index (κ1) is 63.7. The van der Waals surface area contributed by atoms with Crippen molar-refractivity contribution in [2.24, 2.45) is 0 Å². The van der Waals surface area contributed by atoms with Crippen LogP contribution in [0.1, 0.15) is 219 Å². The molecule has 2 N–H and O–H groups in total. The summed E-state index contributed by atoms with van der Waals surface area (Å²) in [5.41, 5.74) is 0. The van der Waals surface area contributed by atoms with Crippen LogP contribution in [0.5, 0.6) is 0 Å². The van der Waals surface area contributed by atoms with E-state index < -0.39 is 26.6 Å². The number of hydrogen-bond acceptors (Lipinski definition) is 6. The van der Waals surface area contributed by atoms with Crippen molar-refractivity contribution in [2.45, 2.75) is 231 Å². The highest BCUT2D eigenvalue weighted by Crippen LogP contribution is 2.38. The van der Waals surface area contributed by atoms with Gasteiger partial charge in [-0.05, 0) is 77.0 Å². The van der Waals surface area contributed by atoms with Crippen LogP contribution in [0.15, 0.2) is 85.1 Å². The fourth-order valence-electron chi connectivity index (χ4n) is 7.37. The summed E-state index contributed by atoms with van der Waals surface area (Å²) < 4.78 is 23.2. The van der Waals surface area contributed by atoms with E-state index in [4.69, 9.17) is 9.05 Å². The molecule has 0 radical (unpaired) electrons. The van der Waals surface area contributed by atoms with E-state index in [1.807, 2.05) is 27.2 Å². The Morgan fingerprint density at radius 2 is 0.939 bits per heavy atom. The zero-order chi connectivity index (χ0) is 48.5. The highest BCUT2D eigenvalue weighted by atomic mass is 31.2. The maximum absolute atomic E-state index is 12.9. The van der Waals surface area contributed by atoms with Crippen molar-refractivity contribution in [3.63, 3.8) is 0 Å². The van der Waals surface area contributed by atoms with E-state index in [0.29, 0.717) is 17.4 Å². The fraction of sp³-hybridized carbons (Fsp3) is 0.737. The first-order chi connectivity index (χ1) is 32.0. The number of rotatable bonds is 48. The molecule has 8 nitrogen and oxygen atoms in total. The van der Waals surface area contributed by atoms with Crippen molar-refractivity contribution in [3.05, 3.63) is 85.1 Å². The van der Waals surface area contributed by atoms with Gasteiger partial charge >= 0.3 is 0 Å². The smallest absolute Gasteiger partial charge is 0.268 e. The molecule has 0 aromatic carbocycles. The van der Waals surface area contributed by atoms with E-state index in [9.17, 15) is 19.4 Å². The van der Waals surface area contributed by atoms with Gasteiger partial charge in [0.15, 0.2) is 0 Å². The Bertz CT molecular complexity index is 1350. The number of aliphatic hydroxyl groups excluding tert-OH is 1. The van der Waals surface area contributed by atoms with E-state index in [1.165, 1.54) is 128 Å². The molecule has 3 atom stereocenters. The van der Waals surface area contributed by atoms with Crippen LogP contribution in [-0.4, -0.2) is 68.5 Å². The van der Waals surface area contributed by atoms with Crippen LogP contribution >= 0.6 is 7.82 Å². The van der Waals surface area contributed by atoms with Crippen LogP contribution in [0.4, 0.5) is 0 Å². The van der Waals surface area contributed by atoms with Gasteiger partial charge in [-0.1, -0.05) is 221 Å². The molecule has 1 amide bonds. The second-order valence-electron chi connectivity index (χ2n) is 19.2. The minimum absolute atomic E-state index is 0.00862. The average Bonchev–Trinajstić information content (AvgIpc) is 3.28. The molecule has 0 bridgehead atoms. The van der Waals surface area contributed by atoms with Crippen molar-refractivity contribution in [3.8, 4) is 0 Å². The number of unbranched alkanes of at least 4 members (excludes halogenated alkanes) is 23. The van der Waals surface area contributed by atoms with Gasteiger partial charge in [-0.15, -0.1) is 0 Å². The lowest BCUT2D eigenvalue weighted by molar-refractivity contribution is -0.870. The van der Waals surface area contributed by atoms with Gasteiger partial charge in [0.25, 0.3) is 7.82 Å². The molecule has 0 saturated heterocycles. The van der Waals surface area contributed by atoms with E-state index >= 15 is 0 Å². The molecule has 0 aliphatic carbocycles. The predicted molar refractivity (Wildman–Crippen MR) is 283 cm³/mol. The second kappa shape index (κ2) is 47.7. The molecule has 382 valence electrons. The number of carbonyl (C=O) groups is 1. The molecule has 0 heterocycles. The van der Waals surface area contributed by atoms with Crippen LogP contribution in [0.2, 0.25) is 0 Å². The van der Waals surface area contributed by atoms with Gasteiger partial charge in [0, 0.05) is 6.42 Å². The minimum atomic E-state index is -4.60. The zero-order valence-corrected chi connectivity index (χ0v) is 44.3. The summed E-state index contributed by atoms with van der Waals surface area (Å²) in [4.78, 5) is 25.4. The molecule has 66 heavy (non-hydrogen) atoms. The monoisotopic (exact) mass is 943 g/mol. The number of nitrogens with zero attached hydrogens (tertiary/aromatic N) is 1. The van der Waals surface area contributed by atoms with Crippen molar-refractivity contribution < 1.29 is 32.9 Å². The van der Waals surface area contributed by atoms with Gasteiger partial charge in [0.2, 0.25) is 5.91 Å². The van der Waals surface area contributed by atoms with E-state index in [2.05, 4.69) is 92.1 Å². The number of phosphoric acid groups is 1. The Morgan fingerprint density at radius 3 is 1.41 bits per heavy atom. The largest absolute Gasteiger partial charge is 0.756 e. The number of aliphatic hydroxyl groups is 1. The molecule has 0 spiro atoms. The van der Waals surface area contributed by atoms with Crippen molar-refractivity contribution in [2.75, 3.05) is 40.9 Å². The molecule has 9 heteroatoms. The summed E-state index contributed by atoms with van der Waals surface area (Å²) in [6.07, 6.45) is 66.7. The Balaban J connectivity index is 4.04. The third-order valence-electron chi connectivity index (χ3n) is 11.6. The summed E-state index contributed by atoms with van der Waals surface area (Å²) in [5.74, 6) is -0.211. The number of phosphoric ester groups is 1. The first-order valence-electron chi connectivity index (χ1n) is 26.9. The number of likely N-dealkylation sites (N-methyl/N-ethyl adjacent to an activating group) is 1. The summed E-state index contributed by atoms with van der Waals surface area (Å²) in [7, 11) is 1.24. The molecular weight excluding hydrogens is 840 g/mol. The van der Waals surface area contributed by atoms with Gasteiger partial charge in [-0.3, -0.25) is 9.36 Å². The molecule has 0 saturated carbocycles. The third-order valence-corrected chi connectivity index (χ3v) is 12.6. The lowest BCUT2D eigenvalue weighted by atomic mass is 10.0. The maximum atomic E-state index is 12.9.